The molecule has 1 aromatic rings. The van der Waals surface area contributed by atoms with Gasteiger partial charge in [0.05, 0.1) is 10.8 Å². The van der Waals surface area contributed by atoms with E-state index < -0.39 is 4.92 Å². The number of carbonyl (C=O) groups is 1. The summed E-state index contributed by atoms with van der Waals surface area (Å²) in [5.74, 6) is -0.187. The SMILES string of the molecule is O=C(Nc1ccccc1[N+](=O)[O-])C1CC2CCC1N2. The van der Waals surface area contributed by atoms with Crippen LogP contribution in [0.5, 0.6) is 0 Å². The standard InChI is InChI=1S/C13H15N3O3/c17-13(9-7-8-5-6-10(9)14-8)15-11-3-1-2-4-12(11)16(18)19/h1-4,8-10,14H,5-7H2,(H,15,17). The maximum Gasteiger partial charge on any atom is 0.292 e. The Bertz CT molecular complexity index is 532. The fraction of sp³-hybridized carbons (Fsp3) is 0.462. The van der Waals surface area contributed by atoms with Gasteiger partial charge in [-0.3, -0.25) is 14.9 Å². The number of hydrogen-bond acceptors (Lipinski definition) is 4. The summed E-state index contributed by atoms with van der Waals surface area (Å²) in [5.41, 5.74) is 0.215. The van der Waals surface area contributed by atoms with Crippen LogP contribution in [-0.4, -0.2) is 22.9 Å². The minimum Gasteiger partial charge on any atom is -0.320 e. The Morgan fingerprint density at radius 2 is 2.16 bits per heavy atom. The molecule has 2 saturated heterocycles. The summed E-state index contributed by atoms with van der Waals surface area (Å²) in [6.07, 6.45) is 2.97. The van der Waals surface area contributed by atoms with Gasteiger partial charge in [-0.2, -0.15) is 0 Å². The van der Waals surface area contributed by atoms with Gasteiger partial charge in [0.25, 0.3) is 5.69 Å². The first kappa shape index (κ1) is 12.1. The van der Waals surface area contributed by atoms with Crippen molar-refractivity contribution in [1.29, 1.82) is 0 Å². The van der Waals surface area contributed by atoms with E-state index in [-0.39, 0.29) is 29.2 Å². The topological polar surface area (TPSA) is 84.3 Å². The molecule has 19 heavy (non-hydrogen) atoms. The molecule has 3 atom stereocenters. The lowest BCUT2D eigenvalue weighted by atomic mass is 9.88. The molecule has 0 aliphatic carbocycles. The van der Waals surface area contributed by atoms with Crippen LogP contribution in [0.25, 0.3) is 0 Å². The molecule has 6 nitrogen and oxygen atoms in total. The van der Waals surface area contributed by atoms with E-state index >= 15 is 0 Å². The Hall–Kier alpha value is -1.95. The number of fused-ring (bicyclic) bond motifs is 2. The third kappa shape index (κ3) is 2.19. The van der Waals surface area contributed by atoms with Crippen molar-refractivity contribution in [2.45, 2.75) is 31.3 Å². The van der Waals surface area contributed by atoms with Crippen molar-refractivity contribution in [3.05, 3.63) is 34.4 Å². The molecule has 3 unspecified atom stereocenters. The molecule has 1 aromatic carbocycles. The number of nitrogens with zero attached hydrogens (tertiary/aromatic N) is 1. The monoisotopic (exact) mass is 261 g/mol. The lowest BCUT2D eigenvalue weighted by Gasteiger charge is -2.19. The Morgan fingerprint density at radius 3 is 2.79 bits per heavy atom. The molecule has 2 fully saturated rings. The van der Waals surface area contributed by atoms with Crippen LogP contribution < -0.4 is 10.6 Å². The van der Waals surface area contributed by atoms with Gasteiger partial charge in [-0.05, 0) is 25.3 Å². The number of hydrogen-bond donors (Lipinski definition) is 2. The molecule has 2 bridgehead atoms. The molecule has 3 rings (SSSR count). The van der Waals surface area contributed by atoms with Gasteiger partial charge in [-0.15, -0.1) is 0 Å². The lowest BCUT2D eigenvalue weighted by Crippen LogP contribution is -2.32. The molecule has 2 N–H and O–H groups in total. The Balaban J connectivity index is 1.75. The molecule has 2 aliphatic heterocycles. The highest BCUT2D eigenvalue weighted by Crippen LogP contribution is 2.34. The second-order valence-corrected chi connectivity index (χ2v) is 5.15. The maximum absolute atomic E-state index is 12.2. The van der Waals surface area contributed by atoms with E-state index in [1.54, 1.807) is 18.2 Å². The zero-order chi connectivity index (χ0) is 13.4. The van der Waals surface area contributed by atoms with Gasteiger partial charge in [0.1, 0.15) is 5.69 Å². The largest absolute Gasteiger partial charge is 0.320 e. The van der Waals surface area contributed by atoms with Gasteiger partial charge in [-0.1, -0.05) is 12.1 Å². The minimum absolute atomic E-state index is 0.0630. The van der Waals surface area contributed by atoms with E-state index in [0.717, 1.165) is 19.3 Å². The van der Waals surface area contributed by atoms with Crippen molar-refractivity contribution < 1.29 is 9.72 Å². The number of nitro benzene ring substituents is 1. The highest BCUT2D eigenvalue weighted by atomic mass is 16.6. The van der Waals surface area contributed by atoms with Gasteiger partial charge < -0.3 is 10.6 Å². The summed E-state index contributed by atoms with van der Waals surface area (Å²) in [6, 6.07) is 6.90. The Labute approximate surface area is 110 Å². The van der Waals surface area contributed by atoms with E-state index in [2.05, 4.69) is 10.6 Å². The number of amides is 1. The van der Waals surface area contributed by atoms with Crippen LogP contribution >= 0.6 is 0 Å². The molecule has 0 radical (unpaired) electrons. The first-order chi connectivity index (χ1) is 9.15. The summed E-state index contributed by atoms with van der Waals surface area (Å²) in [5, 5.41) is 17.0. The van der Waals surface area contributed by atoms with Crippen LogP contribution in [0, 0.1) is 16.0 Å². The zero-order valence-electron chi connectivity index (χ0n) is 10.3. The Morgan fingerprint density at radius 1 is 1.37 bits per heavy atom. The first-order valence-electron chi connectivity index (χ1n) is 6.45. The van der Waals surface area contributed by atoms with Crippen LogP contribution in [0.15, 0.2) is 24.3 Å². The van der Waals surface area contributed by atoms with Crippen LogP contribution in [0.1, 0.15) is 19.3 Å². The van der Waals surface area contributed by atoms with E-state index in [0.29, 0.717) is 6.04 Å². The van der Waals surface area contributed by atoms with E-state index in [9.17, 15) is 14.9 Å². The molecule has 0 spiro atoms. The van der Waals surface area contributed by atoms with Crippen LogP contribution in [0.3, 0.4) is 0 Å². The van der Waals surface area contributed by atoms with Gasteiger partial charge in [-0.25, -0.2) is 0 Å². The van der Waals surface area contributed by atoms with Crippen molar-refractivity contribution in [1.82, 2.24) is 5.32 Å². The Kier molecular flexibility index (Phi) is 2.94. The average Bonchev–Trinajstić information content (AvgIpc) is 3.01. The highest BCUT2D eigenvalue weighted by molar-refractivity contribution is 5.95. The van der Waals surface area contributed by atoms with Crippen molar-refractivity contribution in [2.75, 3.05) is 5.32 Å². The average molecular weight is 261 g/mol. The van der Waals surface area contributed by atoms with E-state index in [1.165, 1.54) is 6.07 Å². The molecule has 6 heteroatoms. The first-order valence-corrected chi connectivity index (χ1v) is 6.45. The van der Waals surface area contributed by atoms with Crippen molar-refractivity contribution in [3.8, 4) is 0 Å². The third-order valence-corrected chi connectivity index (χ3v) is 4.00. The number of carbonyl (C=O) groups excluding carboxylic acids is 1. The van der Waals surface area contributed by atoms with Gasteiger partial charge in [0.2, 0.25) is 5.91 Å². The predicted molar refractivity (Wildman–Crippen MR) is 69.8 cm³/mol. The number of nitrogens with one attached hydrogen (secondary N) is 2. The molecule has 0 saturated carbocycles. The molecule has 0 aromatic heterocycles. The molecular formula is C13H15N3O3. The van der Waals surface area contributed by atoms with E-state index in [4.69, 9.17) is 0 Å². The van der Waals surface area contributed by atoms with Gasteiger partial charge in [0.15, 0.2) is 0 Å². The molecule has 100 valence electrons. The zero-order valence-corrected chi connectivity index (χ0v) is 10.3. The second-order valence-electron chi connectivity index (χ2n) is 5.15. The number of benzene rings is 1. The van der Waals surface area contributed by atoms with Crippen molar-refractivity contribution in [2.24, 2.45) is 5.92 Å². The highest BCUT2D eigenvalue weighted by Gasteiger charge is 2.42. The van der Waals surface area contributed by atoms with Crippen LogP contribution in [-0.2, 0) is 4.79 Å². The van der Waals surface area contributed by atoms with E-state index in [1.807, 2.05) is 0 Å². The normalized spacial score (nSPS) is 28.3. The molecule has 2 aliphatic rings. The van der Waals surface area contributed by atoms with Gasteiger partial charge in [0, 0.05) is 18.2 Å². The molecular weight excluding hydrogens is 246 g/mol. The number of nitro groups is 1. The molecule has 1 amide bonds. The van der Waals surface area contributed by atoms with Crippen molar-refractivity contribution in [3.63, 3.8) is 0 Å². The summed E-state index contributed by atoms with van der Waals surface area (Å²) < 4.78 is 0. The number of rotatable bonds is 3. The van der Waals surface area contributed by atoms with Gasteiger partial charge >= 0.3 is 0 Å². The fourth-order valence-corrected chi connectivity index (χ4v) is 3.08. The third-order valence-electron chi connectivity index (χ3n) is 4.00. The van der Waals surface area contributed by atoms with Crippen LogP contribution in [0.2, 0.25) is 0 Å². The summed E-state index contributed by atoms with van der Waals surface area (Å²) in [4.78, 5) is 22.6. The lowest BCUT2D eigenvalue weighted by molar-refractivity contribution is -0.383. The number of anilines is 1. The predicted octanol–water partition coefficient (Wildman–Crippen LogP) is 1.67. The quantitative estimate of drug-likeness (QED) is 0.640. The van der Waals surface area contributed by atoms with Crippen LogP contribution in [0.4, 0.5) is 11.4 Å². The second kappa shape index (κ2) is 4.62. The summed E-state index contributed by atoms with van der Waals surface area (Å²) in [6.45, 7) is 0. The minimum atomic E-state index is -0.478. The summed E-state index contributed by atoms with van der Waals surface area (Å²) >= 11 is 0. The smallest absolute Gasteiger partial charge is 0.292 e. The number of para-hydroxylation sites is 2. The maximum atomic E-state index is 12.2. The van der Waals surface area contributed by atoms with Crippen molar-refractivity contribution >= 4 is 17.3 Å². The molecule has 2 heterocycles. The fourth-order valence-electron chi connectivity index (χ4n) is 3.08. The summed E-state index contributed by atoms with van der Waals surface area (Å²) in [7, 11) is 0.